The molecule has 2 heterocycles. The van der Waals surface area contributed by atoms with E-state index in [1.54, 1.807) is 6.20 Å². The Hall–Kier alpha value is -2.12. The minimum absolute atomic E-state index is 0.0237. The van der Waals surface area contributed by atoms with Gasteiger partial charge in [0, 0.05) is 12.5 Å². The van der Waals surface area contributed by atoms with Crippen LogP contribution in [-0.2, 0) is 11.8 Å². The number of rotatable bonds is 4. The number of aliphatic hydroxyl groups is 1. The van der Waals surface area contributed by atoms with Gasteiger partial charge in [0.25, 0.3) is 0 Å². The molecular weight excluding hydrogens is 357 g/mol. The fraction of sp³-hybridized carbons (Fsp3) is 0.450. The van der Waals surface area contributed by atoms with E-state index in [4.69, 9.17) is 4.74 Å². The molecule has 146 valence electrons. The molecule has 7 heteroatoms. The summed E-state index contributed by atoms with van der Waals surface area (Å²) in [7, 11) is 0. The predicted octanol–water partition coefficient (Wildman–Crippen LogP) is 4.20. The van der Waals surface area contributed by atoms with Gasteiger partial charge < -0.3 is 15.2 Å². The summed E-state index contributed by atoms with van der Waals surface area (Å²) in [4.78, 5) is 4.41. The van der Waals surface area contributed by atoms with Gasteiger partial charge in [-0.2, -0.15) is 13.2 Å². The number of hydrogen-bond donors (Lipinski definition) is 2. The van der Waals surface area contributed by atoms with Crippen LogP contribution in [0.1, 0.15) is 49.6 Å². The van der Waals surface area contributed by atoms with Gasteiger partial charge >= 0.3 is 6.18 Å². The van der Waals surface area contributed by atoms with Gasteiger partial charge in [0.2, 0.25) is 0 Å². The molecule has 1 aliphatic heterocycles. The Morgan fingerprint density at radius 2 is 1.89 bits per heavy atom. The molecule has 1 unspecified atom stereocenters. The van der Waals surface area contributed by atoms with Gasteiger partial charge in [0.1, 0.15) is 5.75 Å². The fourth-order valence-electron chi connectivity index (χ4n) is 3.63. The van der Waals surface area contributed by atoms with Crippen molar-refractivity contribution < 1.29 is 23.0 Å². The smallest absolute Gasteiger partial charge is 0.416 e. The van der Waals surface area contributed by atoms with E-state index in [1.807, 2.05) is 26.0 Å². The average Bonchev–Trinajstić information content (AvgIpc) is 2.61. The van der Waals surface area contributed by atoms with Crippen LogP contribution in [-0.4, -0.2) is 22.7 Å². The van der Waals surface area contributed by atoms with Crippen molar-refractivity contribution in [2.24, 2.45) is 0 Å². The molecule has 2 aromatic rings. The highest BCUT2D eigenvalue weighted by atomic mass is 19.4. The third-order valence-electron chi connectivity index (χ3n) is 4.85. The Morgan fingerprint density at radius 1 is 1.19 bits per heavy atom. The van der Waals surface area contributed by atoms with Gasteiger partial charge in [-0.15, -0.1) is 0 Å². The van der Waals surface area contributed by atoms with Crippen LogP contribution in [0.25, 0.3) is 0 Å². The molecule has 0 radical (unpaired) electrons. The van der Waals surface area contributed by atoms with Crippen molar-refractivity contribution in [2.75, 3.05) is 6.61 Å². The maximum absolute atomic E-state index is 12.8. The second-order valence-corrected chi connectivity index (χ2v) is 6.99. The maximum Gasteiger partial charge on any atom is 0.416 e. The molecule has 1 saturated heterocycles. The third kappa shape index (κ3) is 4.42. The van der Waals surface area contributed by atoms with Crippen molar-refractivity contribution >= 4 is 0 Å². The van der Waals surface area contributed by atoms with Crippen molar-refractivity contribution in [3.05, 3.63) is 59.4 Å². The van der Waals surface area contributed by atoms with Gasteiger partial charge in [-0.25, -0.2) is 0 Å². The first-order chi connectivity index (χ1) is 12.7. The summed E-state index contributed by atoms with van der Waals surface area (Å²) in [6.07, 6.45) is -2.02. The van der Waals surface area contributed by atoms with Crippen LogP contribution < -0.4 is 10.1 Å². The first kappa shape index (κ1) is 19.6. The van der Waals surface area contributed by atoms with Gasteiger partial charge in [-0.05, 0) is 50.1 Å². The molecule has 3 atom stereocenters. The first-order valence-electron chi connectivity index (χ1n) is 8.96. The van der Waals surface area contributed by atoms with Crippen molar-refractivity contribution in [3.63, 3.8) is 0 Å². The Labute approximate surface area is 156 Å². The molecule has 4 nitrogen and oxygen atoms in total. The van der Waals surface area contributed by atoms with Gasteiger partial charge in [0.15, 0.2) is 0 Å². The van der Waals surface area contributed by atoms with Gasteiger partial charge in [-0.1, -0.05) is 12.1 Å². The molecule has 0 spiro atoms. The lowest BCUT2D eigenvalue weighted by molar-refractivity contribution is -0.137. The summed E-state index contributed by atoms with van der Waals surface area (Å²) in [5, 5.41) is 14.6. The highest BCUT2D eigenvalue weighted by Gasteiger charge is 2.40. The number of benzene rings is 1. The van der Waals surface area contributed by atoms with E-state index >= 15 is 0 Å². The summed E-state index contributed by atoms with van der Waals surface area (Å²) >= 11 is 0. The molecule has 27 heavy (non-hydrogen) atoms. The number of nitrogens with zero attached hydrogens (tertiary/aromatic N) is 1. The van der Waals surface area contributed by atoms with E-state index in [9.17, 15) is 18.3 Å². The molecule has 1 aromatic carbocycles. The SMILES string of the molecule is CCOc1ccc([C@@H]2CC(O)(c3ccc(C(F)(F)F)cc3)C[C@H](C)N2)nc1. The van der Waals surface area contributed by atoms with Crippen molar-refractivity contribution in [2.45, 2.75) is 50.6 Å². The van der Waals surface area contributed by atoms with E-state index in [0.29, 0.717) is 30.8 Å². The van der Waals surface area contributed by atoms with Crippen molar-refractivity contribution in [3.8, 4) is 5.75 Å². The molecule has 1 aliphatic rings. The van der Waals surface area contributed by atoms with E-state index in [2.05, 4.69) is 10.3 Å². The summed E-state index contributed by atoms with van der Waals surface area (Å²) in [5.41, 5.74) is -0.698. The Kier molecular flexibility index (Phi) is 5.44. The summed E-state index contributed by atoms with van der Waals surface area (Å²) in [6, 6.07) is 8.19. The zero-order chi connectivity index (χ0) is 19.7. The first-order valence-corrected chi connectivity index (χ1v) is 8.96. The van der Waals surface area contributed by atoms with E-state index < -0.39 is 17.3 Å². The van der Waals surface area contributed by atoms with Gasteiger partial charge in [0.05, 0.1) is 35.7 Å². The normalized spacial score (nSPS) is 26.0. The van der Waals surface area contributed by atoms with Crippen LogP contribution in [0.5, 0.6) is 5.75 Å². The Balaban J connectivity index is 1.83. The van der Waals surface area contributed by atoms with E-state index in [0.717, 1.165) is 17.8 Å². The molecule has 0 bridgehead atoms. The molecule has 1 aromatic heterocycles. The number of hydrogen-bond acceptors (Lipinski definition) is 4. The molecule has 1 fully saturated rings. The second kappa shape index (κ2) is 7.48. The zero-order valence-corrected chi connectivity index (χ0v) is 15.3. The van der Waals surface area contributed by atoms with Crippen LogP contribution in [0.3, 0.4) is 0 Å². The third-order valence-corrected chi connectivity index (χ3v) is 4.85. The number of ether oxygens (including phenoxy) is 1. The summed E-state index contributed by atoms with van der Waals surface area (Å²) in [5.74, 6) is 0.670. The highest BCUT2D eigenvalue weighted by molar-refractivity contribution is 5.31. The predicted molar refractivity (Wildman–Crippen MR) is 95.3 cm³/mol. The number of pyridine rings is 1. The number of alkyl halides is 3. The number of nitrogens with one attached hydrogen (secondary N) is 1. The van der Waals surface area contributed by atoms with Crippen molar-refractivity contribution in [1.82, 2.24) is 10.3 Å². The van der Waals surface area contributed by atoms with Crippen LogP contribution in [0.2, 0.25) is 0 Å². The molecule has 3 rings (SSSR count). The number of piperidine rings is 1. The lowest BCUT2D eigenvalue weighted by Crippen LogP contribution is -2.47. The fourth-order valence-corrected chi connectivity index (χ4v) is 3.63. The highest BCUT2D eigenvalue weighted by Crippen LogP contribution is 2.40. The summed E-state index contributed by atoms with van der Waals surface area (Å²) in [6.45, 7) is 4.38. The van der Waals surface area contributed by atoms with E-state index in [1.165, 1.54) is 12.1 Å². The second-order valence-electron chi connectivity index (χ2n) is 6.99. The average molecular weight is 380 g/mol. The quantitative estimate of drug-likeness (QED) is 0.835. The minimum Gasteiger partial charge on any atom is -0.492 e. The van der Waals surface area contributed by atoms with E-state index in [-0.39, 0.29) is 12.1 Å². The van der Waals surface area contributed by atoms with Crippen LogP contribution in [0.4, 0.5) is 13.2 Å². The molecule has 0 amide bonds. The molecular formula is C20H23F3N2O2. The molecule has 0 aliphatic carbocycles. The van der Waals surface area contributed by atoms with Crippen LogP contribution in [0.15, 0.2) is 42.6 Å². The zero-order valence-electron chi connectivity index (χ0n) is 15.3. The largest absolute Gasteiger partial charge is 0.492 e. The lowest BCUT2D eigenvalue weighted by Gasteiger charge is -2.41. The standard InChI is InChI=1S/C20H23F3N2O2/c1-3-27-16-8-9-17(24-12-16)18-11-19(26,10-13(2)25-18)14-4-6-15(7-5-14)20(21,22)23/h4-9,12-13,18,25-26H,3,10-11H2,1-2H3/t13-,18-,19?/m0/s1. The summed E-state index contributed by atoms with van der Waals surface area (Å²) < 4.78 is 43.8. The van der Waals surface area contributed by atoms with Gasteiger partial charge in [-0.3, -0.25) is 4.98 Å². The lowest BCUT2D eigenvalue weighted by atomic mass is 9.78. The monoisotopic (exact) mass is 380 g/mol. The number of halogens is 3. The van der Waals surface area contributed by atoms with Crippen LogP contribution in [0, 0.1) is 0 Å². The van der Waals surface area contributed by atoms with Crippen molar-refractivity contribution in [1.29, 1.82) is 0 Å². The molecule has 0 saturated carbocycles. The topological polar surface area (TPSA) is 54.4 Å². The minimum atomic E-state index is -4.39. The Bertz CT molecular complexity index is 762. The molecule has 2 N–H and O–H groups in total. The maximum atomic E-state index is 12.8. The Morgan fingerprint density at radius 3 is 2.44 bits per heavy atom. The number of aromatic nitrogens is 1. The van der Waals surface area contributed by atoms with Crippen LogP contribution >= 0.6 is 0 Å².